The molecule has 0 spiro atoms. The lowest BCUT2D eigenvalue weighted by molar-refractivity contribution is 0.315. The molecule has 0 radical (unpaired) electrons. The van der Waals surface area contributed by atoms with Crippen molar-refractivity contribution in [3.63, 3.8) is 0 Å². The van der Waals surface area contributed by atoms with Gasteiger partial charge in [0.25, 0.3) is 0 Å². The standard InChI is InChI=1S/C15H22ClNO2S/c1-12(2)15-4-3-9-17(15)20(18,19)11-14-7-5-13(10-16)6-8-14/h5-8,12,15H,3-4,9-11H2,1-2H3. The summed E-state index contributed by atoms with van der Waals surface area (Å²) < 4.78 is 26.8. The Labute approximate surface area is 127 Å². The van der Waals surface area contributed by atoms with Gasteiger partial charge in [-0.25, -0.2) is 8.42 Å². The SMILES string of the molecule is CC(C)C1CCCN1S(=O)(=O)Cc1ccc(CCl)cc1. The van der Waals surface area contributed by atoms with Crippen LogP contribution in [0.5, 0.6) is 0 Å². The molecule has 1 aliphatic rings. The van der Waals surface area contributed by atoms with Gasteiger partial charge in [0.1, 0.15) is 0 Å². The van der Waals surface area contributed by atoms with Crippen LogP contribution in [0.2, 0.25) is 0 Å². The molecule has 1 atom stereocenters. The fraction of sp³-hybridized carbons (Fsp3) is 0.600. The van der Waals surface area contributed by atoms with Crippen LogP contribution in [0.25, 0.3) is 0 Å². The number of alkyl halides is 1. The number of benzene rings is 1. The Balaban J connectivity index is 2.13. The summed E-state index contributed by atoms with van der Waals surface area (Å²) in [5.41, 5.74) is 1.84. The van der Waals surface area contributed by atoms with Crippen molar-refractivity contribution < 1.29 is 8.42 Å². The van der Waals surface area contributed by atoms with Gasteiger partial charge in [0.15, 0.2) is 0 Å². The molecule has 0 saturated carbocycles. The molecule has 2 rings (SSSR count). The zero-order valence-corrected chi connectivity index (χ0v) is 13.6. The van der Waals surface area contributed by atoms with Crippen molar-refractivity contribution in [2.24, 2.45) is 5.92 Å². The van der Waals surface area contributed by atoms with E-state index in [1.165, 1.54) is 0 Å². The van der Waals surface area contributed by atoms with Gasteiger partial charge in [0.2, 0.25) is 10.0 Å². The van der Waals surface area contributed by atoms with Crippen molar-refractivity contribution in [3.8, 4) is 0 Å². The Hall–Kier alpha value is -0.580. The molecule has 112 valence electrons. The topological polar surface area (TPSA) is 37.4 Å². The van der Waals surface area contributed by atoms with E-state index in [4.69, 9.17) is 11.6 Å². The number of sulfonamides is 1. The molecule has 0 N–H and O–H groups in total. The molecule has 20 heavy (non-hydrogen) atoms. The van der Waals surface area contributed by atoms with Gasteiger partial charge in [-0.1, -0.05) is 38.1 Å². The highest BCUT2D eigenvalue weighted by Crippen LogP contribution is 2.28. The molecule has 0 aliphatic carbocycles. The lowest BCUT2D eigenvalue weighted by Crippen LogP contribution is -2.39. The Morgan fingerprint density at radius 3 is 2.40 bits per heavy atom. The summed E-state index contributed by atoms with van der Waals surface area (Å²) in [6, 6.07) is 7.65. The van der Waals surface area contributed by atoms with Crippen molar-refractivity contribution in [3.05, 3.63) is 35.4 Å². The highest BCUT2D eigenvalue weighted by Gasteiger charge is 2.35. The van der Waals surface area contributed by atoms with Gasteiger partial charge >= 0.3 is 0 Å². The smallest absolute Gasteiger partial charge is 0.212 e. The fourth-order valence-electron chi connectivity index (χ4n) is 2.80. The van der Waals surface area contributed by atoms with E-state index in [0.29, 0.717) is 18.3 Å². The summed E-state index contributed by atoms with van der Waals surface area (Å²) in [7, 11) is -3.23. The van der Waals surface area contributed by atoms with Crippen molar-refractivity contribution in [1.29, 1.82) is 0 Å². The first-order chi connectivity index (χ1) is 9.44. The average Bonchev–Trinajstić information content (AvgIpc) is 2.89. The second-order valence-electron chi connectivity index (χ2n) is 5.77. The van der Waals surface area contributed by atoms with Crippen LogP contribution >= 0.6 is 11.6 Å². The van der Waals surface area contributed by atoms with Gasteiger partial charge < -0.3 is 0 Å². The van der Waals surface area contributed by atoms with Gasteiger partial charge in [0, 0.05) is 18.5 Å². The molecule has 1 aliphatic heterocycles. The molecule has 1 unspecified atom stereocenters. The Bertz CT molecular complexity index is 539. The highest BCUT2D eigenvalue weighted by atomic mass is 35.5. The Morgan fingerprint density at radius 2 is 1.85 bits per heavy atom. The first-order valence-corrected chi connectivity index (χ1v) is 9.21. The summed E-state index contributed by atoms with van der Waals surface area (Å²) in [4.78, 5) is 0. The van der Waals surface area contributed by atoms with Gasteiger partial charge in [0.05, 0.1) is 5.75 Å². The maximum atomic E-state index is 12.6. The molecule has 0 amide bonds. The van der Waals surface area contributed by atoms with Gasteiger partial charge in [-0.15, -0.1) is 11.6 Å². The highest BCUT2D eigenvalue weighted by molar-refractivity contribution is 7.88. The molecule has 1 aromatic rings. The summed E-state index contributed by atoms with van der Waals surface area (Å²) >= 11 is 5.74. The van der Waals surface area contributed by atoms with E-state index in [1.807, 2.05) is 24.3 Å². The zero-order valence-electron chi connectivity index (χ0n) is 12.0. The number of hydrogen-bond acceptors (Lipinski definition) is 2. The maximum Gasteiger partial charge on any atom is 0.218 e. The lowest BCUT2D eigenvalue weighted by Gasteiger charge is -2.27. The molecule has 5 heteroatoms. The second-order valence-corrected chi connectivity index (χ2v) is 7.96. The Morgan fingerprint density at radius 1 is 1.25 bits per heavy atom. The minimum Gasteiger partial charge on any atom is -0.212 e. The van der Waals surface area contributed by atoms with Gasteiger partial charge in [-0.2, -0.15) is 4.31 Å². The number of nitrogens with zero attached hydrogens (tertiary/aromatic N) is 1. The van der Waals surface area contributed by atoms with Crippen molar-refractivity contribution in [2.45, 2.75) is 44.4 Å². The summed E-state index contributed by atoms with van der Waals surface area (Å²) in [6.45, 7) is 4.84. The zero-order chi connectivity index (χ0) is 14.8. The normalized spacial score (nSPS) is 20.7. The number of hydrogen-bond donors (Lipinski definition) is 0. The van der Waals surface area contributed by atoms with Gasteiger partial charge in [-0.3, -0.25) is 0 Å². The van der Waals surface area contributed by atoms with Gasteiger partial charge in [-0.05, 0) is 29.9 Å². The molecular formula is C15H22ClNO2S. The summed E-state index contributed by atoms with van der Waals surface area (Å²) in [5.74, 6) is 0.902. The molecule has 3 nitrogen and oxygen atoms in total. The third kappa shape index (κ3) is 3.54. The Kier molecular flexibility index (Phi) is 5.10. The van der Waals surface area contributed by atoms with E-state index in [-0.39, 0.29) is 11.8 Å². The van der Waals surface area contributed by atoms with Crippen LogP contribution in [0.4, 0.5) is 0 Å². The fourth-order valence-corrected chi connectivity index (χ4v) is 4.92. The van der Waals surface area contributed by atoms with Crippen molar-refractivity contribution in [1.82, 2.24) is 4.31 Å². The lowest BCUT2D eigenvalue weighted by atomic mass is 10.0. The van der Waals surface area contributed by atoms with Crippen LogP contribution in [-0.2, 0) is 21.7 Å². The van der Waals surface area contributed by atoms with E-state index >= 15 is 0 Å². The molecule has 0 aromatic heterocycles. The minimum atomic E-state index is -3.23. The molecule has 1 aromatic carbocycles. The first-order valence-electron chi connectivity index (χ1n) is 7.07. The average molecular weight is 316 g/mol. The second kappa shape index (κ2) is 6.46. The van der Waals surface area contributed by atoms with E-state index in [1.54, 1.807) is 4.31 Å². The van der Waals surface area contributed by atoms with Crippen LogP contribution in [0.1, 0.15) is 37.8 Å². The predicted octanol–water partition coefficient (Wildman–Crippen LogP) is 3.38. The largest absolute Gasteiger partial charge is 0.218 e. The number of halogens is 1. The molecular weight excluding hydrogens is 294 g/mol. The summed E-state index contributed by atoms with van der Waals surface area (Å²) in [6.07, 6.45) is 1.94. The quantitative estimate of drug-likeness (QED) is 0.781. The van der Waals surface area contributed by atoms with E-state index < -0.39 is 10.0 Å². The minimum absolute atomic E-state index is 0.0821. The molecule has 1 saturated heterocycles. The van der Waals surface area contributed by atoms with Crippen molar-refractivity contribution >= 4 is 21.6 Å². The van der Waals surface area contributed by atoms with Crippen LogP contribution in [0.3, 0.4) is 0 Å². The van der Waals surface area contributed by atoms with Crippen molar-refractivity contribution in [2.75, 3.05) is 6.54 Å². The molecule has 1 heterocycles. The van der Waals surface area contributed by atoms with E-state index in [0.717, 1.165) is 24.0 Å². The molecule has 1 fully saturated rings. The van der Waals surface area contributed by atoms with E-state index in [2.05, 4.69) is 13.8 Å². The maximum absolute atomic E-state index is 12.6. The van der Waals surface area contributed by atoms with Crippen LogP contribution in [0, 0.1) is 5.92 Å². The predicted molar refractivity (Wildman–Crippen MR) is 83.2 cm³/mol. The number of rotatable bonds is 5. The molecule has 0 bridgehead atoms. The van der Waals surface area contributed by atoms with Crippen LogP contribution in [-0.4, -0.2) is 25.3 Å². The van der Waals surface area contributed by atoms with Crippen LogP contribution in [0.15, 0.2) is 24.3 Å². The third-order valence-corrected chi connectivity index (χ3v) is 6.08. The first kappa shape index (κ1) is 15.8. The summed E-state index contributed by atoms with van der Waals surface area (Å²) in [5, 5.41) is 0. The third-order valence-electron chi connectivity index (χ3n) is 3.90. The van der Waals surface area contributed by atoms with E-state index in [9.17, 15) is 8.42 Å². The monoisotopic (exact) mass is 315 g/mol. The van der Waals surface area contributed by atoms with Crippen LogP contribution < -0.4 is 0 Å².